The summed E-state index contributed by atoms with van der Waals surface area (Å²) in [4.78, 5) is 4.84. The Kier molecular flexibility index (Phi) is 4.32. The highest BCUT2D eigenvalue weighted by Gasteiger charge is 2.12. The molecule has 108 valence electrons. The van der Waals surface area contributed by atoms with Gasteiger partial charge >= 0.3 is 0 Å². The molecule has 1 unspecified atom stereocenters. The number of aromatic nitrogens is 1. The van der Waals surface area contributed by atoms with E-state index in [4.69, 9.17) is 4.98 Å². The molecule has 2 nitrogen and oxygen atoms in total. The highest BCUT2D eigenvalue weighted by molar-refractivity contribution is 7.13. The topological polar surface area (TPSA) is 24.9 Å². The first-order valence-electron chi connectivity index (χ1n) is 7.46. The first kappa shape index (κ1) is 14.2. The lowest BCUT2D eigenvalue weighted by molar-refractivity contribution is 0.561. The minimum absolute atomic E-state index is 0.310. The lowest BCUT2D eigenvalue weighted by Gasteiger charge is -2.09. The molecule has 3 aromatic rings. The zero-order valence-electron chi connectivity index (χ0n) is 12.5. The number of nitrogens with one attached hydrogen (secondary N) is 1. The first-order valence-corrected chi connectivity index (χ1v) is 8.34. The van der Waals surface area contributed by atoms with Crippen LogP contribution in [0.1, 0.15) is 32.0 Å². The maximum absolute atomic E-state index is 4.84. The van der Waals surface area contributed by atoms with Crippen LogP contribution < -0.4 is 5.32 Å². The SMILES string of the molecule is CCCNC(C)c1csc(-c2cccc3ccccc23)n1. The summed E-state index contributed by atoms with van der Waals surface area (Å²) < 4.78 is 0. The zero-order chi connectivity index (χ0) is 14.7. The number of fused-ring (bicyclic) bond motifs is 1. The summed E-state index contributed by atoms with van der Waals surface area (Å²) in [5.41, 5.74) is 2.36. The molecule has 0 spiro atoms. The molecular weight excluding hydrogens is 276 g/mol. The number of hydrogen-bond acceptors (Lipinski definition) is 3. The Balaban J connectivity index is 1.95. The molecule has 0 aliphatic heterocycles. The number of nitrogens with zero attached hydrogens (tertiary/aromatic N) is 1. The minimum Gasteiger partial charge on any atom is -0.309 e. The lowest BCUT2D eigenvalue weighted by atomic mass is 10.1. The minimum atomic E-state index is 0.310. The molecule has 0 aliphatic rings. The first-order chi connectivity index (χ1) is 10.3. The predicted octanol–water partition coefficient (Wildman–Crippen LogP) is 5.02. The number of benzene rings is 2. The van der Waals surface area contributed by atoms with Crippen molar-refractivity contribution in [3.63, 3.8) is 0 Å². The third kappa shape index (κ3) is 2.99. The Morgan fingerprint density at radius 1 is 1.14 bits per heavy atom. The van der Waals surface area contributed by atoms with Gasteiger partial charge in [-0.15, -0.1) is 11.3 Å². The quantitative estimate of drug-likeness (QED) is 0.714. The second-order valence-corrected chi connectivity index (χ2v) is 6.14. The average molecular weight is 296 g/mol. The van der Waals surface area contributed by atoms with Gasteiger partial charge in [-0.05, 0) is 30.7 Å². The Labute approximate surface area is 129 Å². The van der Waals surface area contributed by atoms with E-state index in [0.717, 1.165) is 23.7 Å². The third-order valence-electron chi connectivity index (χ3n) is 3.69. The van der Waals surface area contributed by atoms with Crippen LogP contribution in [0.5, 0.6) is 0 Å². The molecule has 1 aromatic heterocycles. The molecule has 21 heavy (non-hydrogen) atoms. The molecule has 1 atom stereocenters. The van der Waals surface area contributed by atoms with Gasteiger partial charge in [0.1, 0.15) is 5.01 Å². The molecule has 2 aromatic carbocycles. The average Bonchev–Trinajstić information content (AvgIpc) is 3.02. The van der Waals surface area contributed by atoms with Crippen LogP contribution >= 0.6 is 11.3 Å². The van der Waals surface area contributed by atoms with E-state index in [0.29, 0.717) is 6.04 Å². The summed E-state index contributed by atoms with van der Waals surface area (Å²) in [5, 5.41) is 9.31. The number of hydrogen-bond donors (Lipinski definition) is 1. The van der Waals surface area contributed by atoms with Crippen LogP contribution in [0.25, 0.3) is 21.3 Å². The fourth-order valence-electron chi connectivity index (χ4n) is 2.49. The van der Waals surface area contributed by atoms with Crippen molar-refractivity contribution in [1.82, 2.24) is 10.3 Å². The largest absolute Gasteiger partial charge is 0.309 e. The highest BCUT2D eigenvalue weighted by Crippen LogP contribution is 2.31. The van der Waals surface area contributed by atoms with E-state index >= 15 is 0 Å². The summed E-state index contributed by atoms with van der Waals surface area (Å²) in [5.74, 6) is 0. The number of rotatable bonds is 5. The van der Waals surface area contributed by atoms with Gasteiger partial charge in [-0.3, -0.25) is 0 Å². The Hall–Kier alpha value is -1.71. The molecule has 0 aliphatic carbocycles. The van der Waals surface area contributed by atoms with Crippen LogP contribution in [0.15, 0.2) is 47.8 Å². The van der Waals surface area contributed by atoms with E-state index in [1.165, 1.54) is 16.3 Å². The van der Waals surface area contributed by atoms with Crippen molar-refractivity contribution < 1.29 is 0 Å². The van der Waals surface area contributed by atoms with Crippen molar-refractivity contribution in [3.05, 3.63) is 53.5 Å². The van der Waals surface area contributed by atoms with Gasteiger partial charge in [0.25, 0.3) is 0 Å². The summed E-state index contributed by atoms with van der Waals surface area (Å²) in [6.07, 6.45) is 1.14. The fraction of sp³-hybridized carbons (Fsp3) is 0.278. The van der Waals surface area contributed by atoms with Gasteiger partial charge in [0.15, 0.2) is 0 Å². The molecule has 0 amide bonds. The molecule has 0 bridgehead atoms. The summed E-state index contributed by atoms with van der Waals surface area (Å²) in [6, 6.07) is 15.2. The van der Waals surface area contributed by atoms with Crippen LogP contribution in [0, 0.1) is 0 Å². The predicted molar refractivity (Wildman–Crippen MR) is 91.8 cm³/mol. The third-order valence-corrected chi connectivity index (χ3v) is 4.58. The van der Waals surface area contributed by atoms with Gasteiger partial charge in [0.05, 0.1) is 5.69 Å². The van der Waals surface area contributed by atoms with Crippen LogP contribution in [0.3, 0.4) is 0 Å². The van der Waals surface area contributed by atoms with Crippen LogP contribution in [-0.4, -0.2) is 11.5 Å². The molecule has 0 saturated carbocycles. The second-order valence-electron chi connectivity index (χ2n) is 5.28. The molecule has 0 fully saturated rings. The summed E-state index contributed by atoms with van der Waals surface area (Å²) >= 11 is 1.73. The molecule has 1 N–H and O–H groups in total. The molecular formula is C18H20N2S. The van der Waals surface area contributed by atoms with Gasteiger partial charge in [-0.25, -0.2) is 4.98 Å². The van der Waals surface area contributed by atoms with Crippen LogP contribution in [0.2, 0.25) is 0 Å². The van der Waals surface area contributed by atoms with E-state index in [1.807, 2.05) is 0 Å². The second kappa shape index (κ2) is 6.37. The maximum atomic E-state index is 4.84. The van der Waals surface area contributed by atoms with Gasteiger partial charge in [0, 0.05) is 17.0 Å². The van der Waals surface area contributed by atoms with E-state index in [1.54, 1.807) is 11.3 Å². The molecule has 0 saturated heterocycles. The number of thiazole rings is 1. The van der Waals surface area contributed by atoms with E-state index in [9.17, 15) is 0 Å². The Morgan fingerprint density at radius 3 is 2.81 bits per heavy atom. The van der Waals surface area contributed by atoms with Gasteiger partial charge in [-0.1, -0.05) is 49.4 Å². The van der Waals surface area contributed by atoms with Crippen molar-refractivity contribution in [3.8, 4) is 10.6 Å². The van der Waals surface area contributed by atoms with E-state index in [2.05, 4.69) is 67.0 Å². The molecule has 1 heterocycles. The summed E-state index contributed by atoms with van der Waals surface area (Å²) in [6.45, 7) is 5.39. The molecule has 0 radical (unpaired) electrons. The van der Waals surface area contributed by atoms with Crippen LogP contribution in [0.4, 0.5) is 0 Å². The fourth-order valence-corrected chi connectivity index (χ4v) is 3.44. The monoisotopic (exact) mass is 296 g/mol. The molecule has 3 rings (SSSR count). The Morgan fingerprint density at radius 2 is 1.95 bits per heavy atom. The van der Waals surface area contributed by atoms with E-state index in [-0.39, 0.29) is 0 Å². The molecule has 3 heteroatoms. The van der Waals surface area contributed by atoms with Crippen molar-refractivity contribution in [1.29, 1.82) is 0 Å². The summed E-state index contributed by atoms with van der Waals surface area (Å²) in [7, 11) is 0. The van der Waals surface area contributed by atoms with Crippen molar-refractivity contribution in [2.75, 3.05) is 6.54 Å². The van der Waals surface area contributed by atoms with Crippen molar-refractivity contribution in [2.24, 2.45) is 0 Å². The van der Waals surface area contributed by atoms with Gasteiger partial charge in [-0.2, -0.15) is 0 Å². The highest BCUT2D eigenvalue weighted by atomic mass is 32.1. The maximum Gasteiger partial charge on any atom is 0.124 e. The van der Waals surface area contributed by atoms with Gasteiger partial charge in [0.2, 0.25) is 0 Å². The van der Waals surface area contributed by atoms with Crippen LogP contribution in [-0.2, 0) is 0 Å². The normalized spacial score (nSPS) is 12.7. The standard InChI is InChI=1S/C18H20N2S/c1-3-11-19-13(2)17-12-21-18(20-17)16-10-6-8-14-7-4-5-9-15(14)16/h4-10,12-13,19H,3,11H2,1-2H3. The van der Waals surface area contributed by atoms with E-state index < -0.39 is 0 Å². The van der Waals surface area contributed by atoms with Crippen molar-refractivity contribution >= 4 is 22.1 Å². The Bertz CT molecular complexity index is 727. The van der Waals surface area contributed by atoms with Crippen molar-refractivity contribution in [2.45, 2.75) is 26.3 Å². The lowest BCUT2D eigenvalue weighted by Crippen LogP contribution is -2.19. The zero-order valence-corrected chi connectivity index (χ0v) is 13.3. The smallest absolute Gasteiger partial charge is 0.124 e. The van der Waals surface area contributed by atoms with Gasteiger partial charge < -0.3 is 5.32 Å².